The van der Waals surface area contributed by atoms with Gasteiger partial charge in [0.25, 0.3) is 0 Å². The van der Waals surface area contributed by atoms with Crippen molar-refractivity contribution in [3.05, 3.63) is 23.1 Å². The highest BCUT2D eigenvalue weighted by Crippen LogP contribution is 2.46. The lowest BCUT2D eigenvalue weighted by Gasteiger charge is -2.39. The van der Waals surface area contributed by atoms with Crippen LogP contribution in [0.5, 0.6) is 0 Å². The SMILES string of the molecule is CC12C=CC=C(C1)S2(=O)=O. The van der Waals surface area contributed by atoms with Gasteiger partial charge in [-0.25, -0.2) is 8.42 Å². The van der Waals surface area contributed by atoms with Gasteiger partial charge in [-0.3, -0.25) is 0 Å². The van der Waals surface area contributed by atoms with Crippen molar-refractivity contribution < 1.29 is 8.42 Å². The van der Waals surface area contributed by atoms with Crippen molar-refractivity contribution in [2.45, 2.75) is 18.1 Å². The van der Waals surface area contributed by atoms with E-state index < -0.39 is 14.6 Å². The molecule has 2 heterocycles. The van der Waals surface area contributed by atoms with Gasteiger partial charge in [-0.1, -0.05) is 12.2 Å². The summed E-state index contributed by atoms with van der Waals surface area (Å²) in [7, 11) is -2.89. The minimum atomic E-state index is -2.89. The molecule has 1 saturated heterocycles. The Morgan fingerprint density at radius 2 is 2.30 bits per heavy atom. The summed E-state index contributed by atoms with van der Waals surface area (Å²) in [4.78, 5) is 0.595. The van der Waals surface area contributed by atoms with Gasteiger partial charge in [0.1, 0.15) is 0 Å². The van der Waals surface area contributed by atoms with Gasteiger partial charge in [0, 0.05) is 11.3 Å². The normalized spacial score (nSPS) is 40.3. The van der Waals surface area contributed by atoms with Gasteiger partial charge in [-0.2, -0.15) is 0 Å². The number of hydrogen-bond donors (Lipinski definition) is 0. The number of allylic oxidation sites excluding steroid dienone is 3. The molecule has 0 spiro atoms. The summed E-state index contributed by atoms with van der Waals surface area (Å²) in [6.45, 7) is 1.76. The van der Waals surface area contributed by atoms with Crippen LogP contribution >= 0.6 is 0 Å². The number of rotatable bonds is 0. The quantitative estimate of drug-likeness (QED) is 0.524. The zero-order chi connectivity index (χ0) is 7.41. The average Bonchev–Trinajstić information content (AvgIpc) is 1.88. The zero-order valence-corrected chi connectivity index (χ0v) is 6.48. The van der Waals surface area contributed by atoms with E-state index in [0.717, 1.165) is 0 Å². The molecule has 0 saturated carbocycles. The van der Waals surface area contributed by atoms with Crippen LogP contribution in [0.4, 0.5) is 0 Å². The molecule has 2 nitrogen and oxygen atoms in total. The van der Waals surface area contributed by atoms with Crippen LogP contribution in [0.15, 0.2) is 23.1 Å². The Morgan fingerprint density at radius 1 is 1.60 bits per heavy atom. The lowest BCUT2D eigenvalue weighted by atomic mass is 10.0. The molecule has 54 valence electrons. The summed E-state index contributed by atoms with van der Waals surface area (Å²) >= 11 is 0. The maximum Gasteiger partial charge on any atom is 0.183 e. The van der Waals surface area contributed by atoms with E-state index in [0.29, 0.717) is 11.3 Å². The molecule has 1 aliphatic carbocycles. The van der Waals surface area contributed by atoms with E-state index in [1.165, 1.54) is 0 Å². The second-order valence-corrected chi connectivity index (χ2v) is 5.45. The number of sulfone groups is 1. The number of hydrogen-bond acceptors (Lipinski definition) is 2. The van der Waals surface area contributed by atoms with Crippen molar-refractivity contribution >= 4 is 9.84 Å². The van der Waals surface area contributed by atoms with Gasteiger partial charge < -0.3 is 0 Å². The maximum atomic E-state index is 11.2. The van der Waals surface area contributed by atoms with E-state index in [1.807, 2.05) is 6.08 Å². The average molecular weight is 156 g/mol. The van der Waals surface area contributed by atoms with E-state index in [4.69, 9.17) is 0 Å². The molecule has 0 aromatic heterocycles. The van der Waals surface area contributed by atoms with Crippen LogP contribution in [0.25, 0.3) is 0 Å². The molecule has 1 atom stereocenters. The Kier molecular flexibility index (Phi) is 0.844. The van der Waals surface area contributed by atoms with Gasteiger partial charge in [-0.15, -0.1) is 0 Å². The Balaban J connectivity index is 2.68. The van der Waals surface area contributed by atoms with Gasteiger partial charge in [0.2, 0.25) is 0 Å². The molecule has 0 amide bonds. The topological polar surface area (TPSA) is 34.1 Å². The first-order chi connectivity index (χ1) is 4.56. The van der Waals surface area contributed by atoms with Crippen LogP contribution in [-0.2, 0) is 9.84 Å². The Bertz CT molecular complexity index is 335. The molecule has 0 radical (unpaired) electrons. The Morgan fingerprint density at radius 3 is 2.60 bits per heavy atom. The second kappa shape index (κ2) is 1.37. The molecule has 1 fully saturated rings. The molecule has 3 aliphatic rings. The smallest absolute Gasteiger partial charge is 0.183 e. The van der Waals surface area contributed by atoms with Crippen LogP contribution in [0.2, 0.25) is 0 Å². The molecule has 3 heteroatoms. The first kappa shape index (κ1) is 6.16. The van der Waals surface area contributed by atoms with Crippen molar-refractivity contribution in [2.75, 3.05) is 0 Å². The summed E-state index contributed by atoms with van der Waals surface area (Å²) in [5, 5.41) is 0. The molecular weight excluding hydrogens is 148 g/mol. The van der Waals surface area contributed by atoms with Crippen LogP contribution in [0.1, 0.15) is 13.3 Å². The summed E-state index contributed by atoms with van der Waals surface area (Å²) in [5.41, 5.74) is 0. The highest BCUT2D eigenvalue weighted by Gasteiger charge is 2.51. The monoisotopic (exact) mass is 156 g/mol. The van der Waals surface area contributed by atoms with E-state index in [-0.39, 0.29) is 0 Å². The molecule has 0 aromatic carbocycles. The molecule has 10 heavy (non-hydrogen) atoms. The van der Waals surface area contributed by atoms with Gasteiger partial charge in [0.15, 0.2) is 9.84 Å². The molecule has 0 N–H and O–H groups in total. The van der Waals surface area contributed by atoms with E-state index in [9.17, 15) is 8.42 Å². The largest absolute Gasteiger partial charge is 0.223 e. The first-order valence-electron chi connectivity index (χ1n) is 3.19. The summed E-state index contributed by atoms with van der Waals surface area (Å²) in [6.07, 6.45) is 5.96. The third-order valence-corrected chi connectivity index (χ3v) is 4.69. The molecular formula is C7H8O2S. The minimum absolute atomic E-state index is 0.558. The standard InChI is InChI=1S/C7H8O2S/c1-7-4-2-3-6(5-7)10(7,8)9/h2-4H,5H2,1H3. The van der Waals surface area contributed by atoms with Crippen LogP contribution in [0, 0.1) is 0 Å². The van der Waals surface area contributed by atoms with Gasteiger partial charge in [-0.05, 0) is 13.0 Å². The maximum absolute atomic E-state index is 11.2. The first-order valence-corrected chi connectivity index (χ1v) is 4.68. The Hall–Kier alpha value is -0.570. The predicted octanol–water partition coefficient (Wildman–Crippen LogP) is 1.02. The fourth-order valence-electron chi connectivity index (χ4n) is 1.41. The fourth-order valence-corrected chi connectivity index (χ4v) is 3.11. The zero-order valence-electron chi connectivity index (χ0n) is 5.66. The minimum Gasteiger partial charge on any atom is -0.223 e. The summed E-state index contributed by atoms with van der Waals surface area (Å²) in [6, 6.07) is 0. The highest BCUT2D eigenvalue weighted by molar-refractivity contribution is 7.98. The molecule has 1 unspecified atom stereocenters. The Labute approximate surface area is 60.2 Å². The van der Waals surface area contributed by atoms with E-state index in [2.05, 4.69) is 0 Å². The molecule has 2 aliphatic heterocycles. The van der Waals surface area contributed by atoms with Crippen molar-refractivity contribution in [1.82, 2.24) is 0 Å². The number of fused-ring (bicyclic) bond motifs is 1. The lowest BCUT2D eigenvalue weighted by Crippen LogP contribution is -2.46. The molecule has 2 bridgehead atoms. The summed E-state index contributed by atoms with van der Waals surface area (Å²) in [5.74, 6) is 0. The molecule has 0 aromatic rings. The van der Waals surface area contributed by atoms with Crippen LogP contribution in [-0.4, -0.2) is 13.2 Å². The van der Waals surface area contributed by atoms with Crippen molar-refractivity contribution in [3.8, 4) is 0 Å². The van der Waals surface area contributed by atoms with Gasteiger partial charge >= 0.3 is 0 Å². The summed E-state index contributed by atoms with van der Waals surface area (Å²) < 4.78 is 21.9. The lowest BCUT2D eigenvalue weighted by molar-refractivity contribution is 0.539. The molecule has 3 rings (SSSR count). The van der Waals surface area contributed by atoms with Gasteiger partial charge in [0.05, 0.1) is 4.75 Å². The van der Waals surface area contributed by atoms with Crippen molar-refractivity contribution in [2.24, 2.45) is 0 Å². The van der Waals surface area contributed by atoms with Crippen molar-refractivity contribution in [3.63, 3.8) is 0 Å². The fraction of sp³-hybridized carbons (Fsp3) is 0.429. The third kappa shape index (κ3) is 0.440. The van der Waals surface area contributed by atoms with Crippen molar-refractivity contribution in [1.29, 1.82) is 0 Å². The highest BCUT2D eigenvalue weighted by atomic mass is 32.2. The van der Waals surface area contributed by atoms with Crippen LogP contribution in [0.3, 0.4) is 0 Å². The predicted molar refractivity (Wildman–Crippen MR) is 39.2 cm³/mol. The van der Waals surface area contributed by atoms with Crippen LogP contribution < -0.4 is 0 Å². The van der Waals surface area contributed by atoms with E-state index >= 15 is 0 Å². The third-order valence-electron chi connectivity index (χ3n) is 2.22. The van der Waals surface area contributed by atoms with E-state index in [1.54, 1.807) is 19.1 Å². The second-order valence-electron chi connectivity index (χ2n) is 2.98.